The van der Waals surface area contributed by atoms with Gasteiger partial charge in [-0.3, -0.25) is 0 Å². The summed E-state index contributed by atoms with van der Waals surface area (Å²) in [6.07, 6.45) is 8.02. The van der Waals surface area contributed by atoms with E-state index in [0.29, 0.717) is 16.0 Å². The number of halogens is 2. The topological polar surface area (TPSA) is 20.2 Å². The van der Waals surface area contributed by atoms with Crippen LogP contribution in [0, 0.1) is 5.92 Å². The van der Waals surface area contributed by atoms with E-state index in [-0.39, 0.29) is 0 Å². The van der Waals surface area contributed by atoms with Gasteiger partial charge in [0.1, 0.15) is 0 Å². The van der Waals surface area contributed by atoms with Crippen molar-refractivity contribution in [1.82, 2.24) is 0 Å². The maximum Gasteiger partial charge on any atom is 0.0833 e. The summed E-state index contributed by atoms with van der Waals surface area (Å²) < 4.78 is 0. The molecule has 3 heteroatoms. The predicted octanol–water partition coefficient (Wildman–Crippen LogP) is 5.39. The van der Waals surface area contributed by atoms with Gasteiger partial charge in [-0.25, -0.2) is 0 Å². The van der Waals surface area contributed by atoms with Crippen molar-refractivity contribution in [1.29, 1.82) is 0 Å². The van der Waals surface area contributed by atoms with Crippen LogP contribution >= 0.6 is 23.2 Å². The highest BCUT2D eigenvalue weighted by atomic mass is 35.5. The molecule has 1 aliphatic carbocycles. The van der Waals surface area contributed by atoms with E-state index >= 15 is 0 Å². The molecule has 0 aromatic heterocycles. The molecule has 0 heterocycles. The van der Waals surface area contributed by atoms with Gasteiger partial charge in [0.25, 0.3) is 0 Å². The normalized spacial score (nSPS) is 20.2. The molecule has 0 radical (unpaired) electrons. The average molecular weight is 287 g/mol. The zero-order valence-electron chi connectivity index (χ0n) is 10.5. The van der Waals surface area contributed by atoms with E-state index < -0.39 is 6.10 Å². The lowest BCUT2D eigenvalue weighted by molar-refractivity contribution is 0.0914. The molecule has 1 nitrogen and oxygen atoms in total. The van der Waals surface area contributed by atoms with Gasteiger partial charge >= 0.3 is 0 Å². The number of hydrogen-bond donors (Lipinski definition) is 1. The number of rotatable bonds is 2. The molecule has 1 fully saturated rings. The summed E-state index contributed by atoms with van der Waals surface area (Å²) in [7, 11) is 0. The van der Waals surface area contributed by atoms with Crippen molar-refractivity contribution in [3.8, 4) is 0 Å². The van der Waals surface area contributed by atoms with Gasteiger partial charge < -0.3 is 5.11 Å². The van der Waals surface area contributed by atoms with Crippen LogP contribution in [-0.2, 0) is 0 Å². The van der Waals surface area contributed by atoms with Crippen molar-refractivity contribution in [3.63, 3.8) is 0 Å². The van der Waals surface area contributed by atoms with E-state index in [4.69, 9.17) is 23.2 Å². The molecule has 0 bridgehead atoms. The van der Waals surface area contributed by atoms with Crippen molar-refractivity contribution in [2.45, 2.75) is 51.0 Å². The Bertz CT molecular complexity index is 384. The summed E-state index contributed by atoms with van der Waals surface area (Å²) in [6, 6.07) is 5.33. The molecule has 1 atom stereocenters. The van der Waals surface area contributed by atoms with Crippen LogP contribution in [0.4, 0.5) is 0 Å². The highest BCUT2D eigenvalue weighted by Gasteiger charge is 2.23. The Labute approximate surface area is 119 Å². The molecule has 0 spiro atoms. The van der Waals surface area contributed by atoms with E-state index in [2.05, 4.69) is 0 Å². The smallest absolute Gasteiger partial charge is 0.0833 e. The van der Waals surface area contributed by atoms with E-state index in [1.807, 2.05) is 0 Å². The molecule has 1 aliphatic rings. The second kappa shape index (κ2) is 6.79. The molecule has 1 aromatic carbocycles. The highest BCUT2D eigenvalue weighted by Crippen LogP contribution is 2.36. The molecule has 2 rings (SSSR count). The summed E-state index contributed by atoms with van der Waals surface area (Å²) in [5.74, 6) is 0.321. The predicted molar refractivity (Wildman–Crippen MR) is 77.2 cm³/mol. The summed E-state index contributed by atoms with van der Waals surface area (Å²) in [4.78, 5) is 0. The van der Waals surface area contributed by atoms with Gasteiger partial charge in [0.15, 0.2) is 0 Å². The minimum atomic E-state index is -0.478. The number of benzene rings is 1. The third kappa shape index (κ3) is 3.63. The SMILES string of the molecule is OC(c1cc(Cl)ccc1Cl)C1CCCCCCC1. The zero-order chi connectivity index (χ0) is 13.0. The van der Waals surface area contributed by atoms with Crippen LogP contribution in [0.5, 0.6) is 0 Å². The largest absolute Gasteiger partial charge is 0.388 e. The molecule has 100 valence electrons. The van der Waals surface area contributed by atoms with Crippen LogP contribution < -0.4 is 0 Å². The fourth-order valence-electron chi connectivity index (χ4n) is 2.80. The minimum Gasteiger partial charge on any atom is -0.388 e. The van der Waals surface area contributed by atoms with Crippen molar-refractivity contribution in [2.24, 2.45) is 5.92 Å². The number of aliphatic hydroxyl groups excluding tert-OH is 1. The molecule has 1 N–H and O–H groups in total. The first-order chi connectivity index (χ1) is 8.68. The van der Waals surface area contributed by atoms with Crippen molar-refractivity contribution in [2.75, 3.05) is 0 Å². The monoisotopic (exact) mass is 286 g/mol. The first kappa shape index (κ1) is 14.2. The number of aliphatic hydroxyl groups is 1. The maximum atomic E-state index is 10.5. The summed E-state index contributed by atoms with van der Waals surface area (Å²) in [6.45, 7) is 0. The van der Waals surface area contributed by atoms with Crippen molar-refractivity contribution < 1.29 is 5.11 Å². The fraction of sp³-hybridized carbons (Fsp3) is 0.600. The van der Waals surface area contributed by atoms with Crippen LogP contribution in [-0.4, -0.2) is 5.11 Å². The zero-order valence-corrected chi connectivity index (χ0v) is 12.1. The molecule has 1 aromatic rings. The molecule has 0 aliphatic heterocycles. The second-order valence-corrected chi connectivity index (χ2v) is 6.06. The third-order valence-corrected chi connectivity index (χ3v) is 4.45. The highest BCUT2D eigenvalue weighted by molar-refractivity contribution is 6.33. The van der Waals surface area contributed by atoms with Crippen LogP contribution in [0.15, 0.2) is 18.2 Å². The fourth-order valence-corrected chi connectivity index (χ4v) is 3.21. The van der Waals surface area contributed by atoms with Crippen LogP contribution in [0.3, 0.4) is 0 Å². The van der Waals surface area contributed by atoms with Gasteiger partial charge in [-0.2, -0.15) is 0 Å². The quantitative estimate of drug-likeness (QED) is 0.773. The second-order valence-electron chi connectivity index (χ2n) is 5.22. The Morgan fingerprint density at radius 3 is 2.28 bits per heavy atom. The molecule has 0 saturated heterocycles. The van der Waals surface area contributed by atoms with Crippen LogP contribution in [0.1, 0.15) is 56.6 Å². The summed E-state index contributed by atoms with van der Waals surface area (Å²) in [5.41, 5.74) is 0.787. The summed E-state index contributed by atoms with van der Waals surface area (Å²) >= 11 is 12.2. The Kier molecular flexibility index (Phi) is 5.35. The number of hydrogen-bond acceptors (Lipinski definition) is 1. The van der Waals surface area contributed by atoms with Gasteiger partial charge in [0.05, 0.1) is 6.10 Å². The standard InChI is InChI=1S/C15H20Cl2O/c16-12-8-9-14(17)13(10-12)15(18)11-6-4-2-1-3-5-7-11/h8-11,15,18H,1-7H2. The van der Waals surface area contributed by atoms with Crippen LogP contribution in [0.2, 0.25) is 10.0 Å². The third-order valence-electron chi connectivity index (χ3n) is 3.87. The van der Waals surface area contributed by atoms with Gasteiger partial charge in [-0.1, -0.05) is 55.3 Å². The van der Waals surface area contributed by atoms with Gasteiger partial charge in [-0.05, 0) is 37.0 Å². The van der Waals surface area contributed by atoms with E-state index in [9.17, 15) is 5.11 Å². The average Bonchev–Trinajstić information content (AvgIpc) is 2.31. The molecular formula is C15H20Cl2O. The Morgan fingerprint density at radius 2 is 1.61 bits per heavy atom. The van der Waals surface area contributed by atoms with Crippen molar-refractivity contribution in [3.05, 3.63) is 33.8 Å². The van der Waals surface area contributed by atoms with Gasteiger partial charge in [0.2, 0.25) is 0 Å². The molecule has 18 heavy (non-hydrogen) atoms. The van der Waals surface area contributed by atoms with Crippen molar-refractivity contribution >= 4 is 23.2 Å². The lowest BCUT2D eigenvalue weighted by Gasteiger charge is -2.25. The lowest BCUT2D eigenvalue weighted by atomic mass is 9.84. The van der Waals surface area contributed by atoms with E-state index in [0.717, 1.165) is 18.4 Å². The minimum absolute atomic E-state index is 0.321. The molecule has 1 unspecified atom stereocenters. The Morgan fingerprint density at radius 1 is 1.00 bits per heavy atom. The lowest BCUT2D eigenvalue weighted by Crippen LogP contribution is -2.14. The van der Waals surface area contributed by atoms with Crippen LogP contribution in [0.25, 0.3) is 0 Å². The Balaban J connectivity index is 2.12. The van der Waals surface area contributed by atoms with E-state index in [1.54, 1.807) is 18.2 Å². The Hall–Kier alpha value is -0.240. The molecule has 1 saturated carbocycles. The first-order valence-corrected chi connectivity index (χ1v) is 7.57. The summed E-state index contributed by atoms with van der Waals surface area (Å²) in [5, 5.41) is 11.8. The molecule has 0 amide bonds. The maximum absolute atomic E-state index is 10.5. The van der Waals surface area contributed by atoms with Gasteiger partial charge in [-0.15, -0.1) is 0 Å². The molecular weight excluding hydrogens is 267 g/mol. The van der Waals surface area contributed by atoms with Gasteiger partial charge in [0, 0.05) is 15.6 Å². The van der Waals surface area contributed by atoms with E-state index in [1.165, 1.54) is 32.1 Å². The first-order valence-electron chi connectivity index (χ1n) is 6.81.